The fraction of sp³-hybridized carbons (Fsp3) is 0.538. The van der Waals surface area contributed by atoms with Gasteiger partial charge in [-0.05, 0) is 24.5 Å². The summed E-state index contributed by atoms with van der Waals surface area (Å²) in [5.74, 6) is 1.67. The Labute approximate surface area is 112 Å². The van der Waals surface area contributed by atoms with Crippen LogP contribution in [0.2, 0.25) is 0 Å². The predicted molar refractivity (Wildman–Crippen MR) is 74.7 cm³/mol. The van der Waals surface area contributed by atoms with Gasteiger partial charge in [-0.1, -0.05) is 18.2 Å². The highest BCUT2D eigenvalue weighted by Crippen LogP contribution is 2.38. The van der Waals surface area contributed by atoms with Crippen LogP contribution in [0.3, 0.4) is 0 Å². The molecule has 18 heavy (non-hydrogen) atoms. The minimum Gasteiger partial charge on any atom is -0.305 e. The van der Waals surface area contributed by atoms with Crippen molar-refractivity contribution in [2.75, 3.05) is 17.3 Å². The second kappa shape index (κ2) is 4.87. The first-order valence-corrected chi connectivity index (χ1v) is 9.13. The average Bonchev–Trinajstić information content (AvgIpc) is 2.72. The summed E-state index contributed by atoms with van der Waals surface area (Å²) in [6, 6.07) is 8.82. The molecule has 1 fully saturated rings. The van der Waals surface area contributed by atoms with E-state index in [-0.39, 0.29) is 6.04 Å². The second-order valence-electron chi connectivity index (χ2n) is 5.02. The Morgan fingerprint density at radius 1 is 1.28 bits per heavy atom. The van der Waals surface area contributed by atoms with E-state index in [1.54, 1.807) is 0 Å². The molecule has 98 valence electrons. The van der Waals surface area contributed by atoms with E-state index in [4.69, 9.17) is 0 Å². The molecule has 2 aliphatic heterocycles. The maximum atomic E-state index is 11.6. The summed E-state index contributed by atoms with van der Waals surface area (Å²) in [6.45, 7) is 0. The molecule has 0 saturated carbocycles. The number of hydrogen-bond acceptors (Lipinski definition) is 4. The predicted octanol–water partition coefficient (Wildman–Crippen LogP) is 2.00. The van der Waals surface area contributed by atoms with Crippen LogP contribution in [0, 0.1) is 0 Å². The summed E-state index contributed by atoms with van der Waals surface area (Å²) in [5.41, 5.74) is 1.32. The highest BCUT2D eigenvalue weighted by atomic mass is 32.2. The molecule has 1 N–H and O–H groups in total. The largest absolute Gasteiger partial charge is 0.305 e. The van der Waals surface area contributed by atoms with Gasteiger partial charge in [0.15, 0.2) is 9.84 Å². The Kier molecular flexibility index (Phi) is 3.38. The number of sulfone groups is 1. The third-order valence-corrected chi connectivity index (χ3v) is 6.60. The summed E-state index contributed by atoms with van der Waals surface area (Å²) >= 11 is 1.85. The van der Waals surface area contributed by atoms with Crippen molar-refractivity contribution in [1.82, 2.24) is 5.32 Å². The second-order valence-corrected chi connectivity index (χ2v) is 8.31. The summed E-state index contributed by atoms with van der Waals surface area (Å²) in [7, 11) is -2.82. The van der Waals surface area contributed by atoms with Gasteiger partial charge in [0.1, 0.15) is 0 Å². The highest BCUT2D eigenvalue weighted by Gasteiger charge is 2.29. The lowest BCUT2D eigenvalue weighted by Crippen LogP contribution is -2.42. The van der Waals surface area contributed by atoms with Gasteiger partial charge in [0.2, 0.25) is 0 Å². The number of fused-ring (bicyclic) bond motifs is 1. The number of benzene rings is 1. The standard InChI is InChI=1S/C13H17NO2S2/c15-18(16)7-3-4-10(9-18)14-12-8-17-13-6-2-1-5-11(12)13/h1-2,5-6,10,12,14H,3-4,7-9H2. The van der Waals surface area contributed by atoms with Gasteiger partial charge in [-0.25, -0.2) is 8.42 Å². The van der Waals surface area contributed by atoms with Gasteiger partial charge in [0.05, 0.1) is 11.5 Å². The topological polar surface area (TPSA) is 46.2 Å². The minimum atomic E-state index is -2.82. The molecule has 0 amide bonds. The van der Waals surface area contributed by atoms with Crippen molar-refractivity contribution in [3.63, 3.8) is 0 Å². The molecule has 1 saturated heterocycles. The lowest BCUT2D eigenvalue weighted by atomic mass is 10.1. The Bertz CT molecular complexity index is 542. The maximum absolute atomic E-state index is 11.6. The van der Waals surface area contributed by atoms with Crippen LogP contribution in [-0.2, 0) is 9.84 Å². The molecule has 2 aliphatic rings. The van der Waals surface area contributed by atoms with Gasteiger partial charge in [0, 0.05) is 22.7 Å². The smallest absolute Gasteiger partial charge is 0.151 e. The van der Waals surface area contributed by atoms with E-state index in [1.165, 1.54) is 10.5 Å². The van der Waals surface area contributed by atoms with E-state index >= 15 is 0 Å². The van der Waals surface area contributed by atoms with Crippen LogP contribution in [0.1, 0.15) is 24.4 Å². The zero-order chi connectivity index (χ0) is 12.6. The van der Waals surface area contributed by atoms with Gasteiger partial charge >= 0.3 is 0 Å². The van der Waals surface area contributed by atoms with Crippen molar-refractivity contribution in [1.29, 1.82) is 0 Å². The molecule has 3 rings (SSSR count). The molecular weight excluding hydrogens is 266 g/mol. The lowest BCUT2D eigenvalue weighted by Gasteiger charge is -2.26. The Morgan fingerprint density at radius 2 is 2.11 bits per heavy atom. The maximum Gasteiger partial charge on any atom is 0.151 e. The SMILES string of the molecule is O=S1(=O)CCCC(NC2CSc3ccccc32)C1. The molecule has 2 atom stereocenters. The molecule has 2 unspecified atom stereocenters. The summed E-state index contributed by atoms with van der Waals surface area (Å²) in [5, 5.41) is 3.53. The molecule has 5 heteroatoms. The summed E-state index contributed by atoms with van der Waals surface area (Å²) < 4.78 is 23.3. The van der Waals surface area contributed by atoms with Crippen LogP contribution in [0.5, 0.6) is 0 Å². The Hall–Kier alpha value is -0.520. The first-order valence-electron chi connectivity index (χ1n) is 6.32. The third kappa shape index (κ3) is 2.58. The van der Waals surface area contributed by atoms with E-state index in [9.17, 15) is 8.42 Å². The van der Waals surface area contributed by atoms with Gasteiger partial charge < -0.3 is 5.32 Å². The van der Waals surface area contributed by atoms with Crippen LogP contribution in [0.15, 0.2) is 29.2 Å². The van der Waals surface area contributed by atoms with Crippen LogP contribution in [-0.4, -0.2) is 31.7 Å². The molecule has 1 aromatic rings. The van der Waals surface area contributed by atoms with Crippen molar-refractivity contribution in [2.24, 2.45) is 0 Å². The molecule has 0 aromatic heterocycles. The van der Waals surface area contributed by atoms with E-state index in [0.29, 0.717) is 17.5 Å². The lowest BCUT2D eigenvalue weighted by molar-refractivity contribution is 0.441. The van der Waals surface area contributed by atoms with Crippen LogP contribution in [0.25, 0.3) is 0 Å². The summed E-state index contributed by atoms with van der Waals surface area (Å²) in [4.78, 5) is 1.33. The number of rotatable bonds is 2. The Morgan fingerprint density at radius 3 is 2.94 bits per heavy atom. The Balaban J connectivity index is 1.71. The molecule has 0 bridgehead atoms. The fourth-order valence-corrected chi connectivity index (χ4v) is 5.56. The van der Waals surface area contributed by atoms with E-state index in [1.807, 2.05) is 11.8 Å². The van der Waals surface area contributed by atoms with Crippen molar-refractivity contribution >= 4 is 21.6 Å². The van der Waals surface area contributed by atoms with E-state index in [2.05, 4.69) is 29.6 Å². The first-order chi connectivity index (χ1) is 8.64. The number of thioether (sulfide) groups is 1. The van der Waals surface area contributed by atoms with Crippen molar-refractivity contribution in [3.8, 4) is 0 Å². The van der Waals surface area contributed by atoms with Crippen molar-refractivity contribution < 1.29 is 8.42 Å². The van der Waals surface area contributed by atoms with Crippen LogP contribution in [0.4, 0.5) is 0 Å². The minimum absolute atomic E-state index is 0.125. The fourth-order valence-electron chi connectivity index (χ4n) is 2.74. The molecule has 0 aliphatic carbocycles. The van der Waals surface area contributed by atoms with Crippen LogP contribution >= 0.6 is 11.8 Å². The van der Waals surface area contributed by atoms with Gasteiger partial charge in [-0.3, -0.25) is 0 Å². The van der Waals surface area contributed by atoms with Gasteiger partial charge in [-0.15, -0.1) is 11.8 Å². The number of hydrogen-bond donors (Lipinski definition) is 1. The molecule has 1 aromatic carbocycles. The molecule has 2 heterocycles. The highest BCUT2D eigenvalue weighted by molar-refractivity contribution is 7.99. The quantitative estimate of drug-likeness (QED) is 0.902. The van der Waals surface area contributed by atoms with Gasteiger partial charge in [-0.2, -0.15) is 0 Å². The normalized spacial score (nSPS) is 30.0. The molecule has 0 radical (unpaired) electrons. The molecular formula is C13H17NO2S2. The average molecular weight is 283 g/mol. The van der Waals surface area contributed by atoms with E-state index in [0.717, 1.165) is 18.6 Å². The number of nitrogens with one attached hydrogen (secondary N) is 1. The van der Waals surface area contributed by atoms with E-state index < -0.39 is 9.84 Å². The summed E-state index contributed by atoms with van der Waals surface area (Å²) in [6.07, 6.45) is 1.77. The van der Waals surface area contributed by atoms with Crippen molar-refractivity contribution in [2.45, 2.75) is 29.8 Å². The van der Waals surface area contributed by atoms with Crippen LogP contribution < -0.4 is 5.32 Å². The third-order valence-electron chi connectivity index (χ3n) is 3.60. The van der Waals surface area contributed by atoms with Gasteiger partial charge in [0.25, 0.3) is 0 Å². The zero-order valence-electron chi connectivity index (χ0n) is 10.1. The molecule has 3 nitrogen and oxygen atoms in total. The zero-order valence-corrected chi connectivity index (χ0v) is 11.8. The molecule has 0 spiro atoms. The monoisotopic (exact) mass is 283 g/mol. The van der Waals surface area contributed by atoms with Crippen molar-refractivity contribution in [3.05, 3.63) is 29.8 Å². The first kappa shape index (κ1) is 12.5.